The molecule has 1 fully saturated rings. The molecule has 0 aliphatic carbocycles. The summed E-state index contributed by atoms with van der Waals surface area (Å²) in [7, 11) is 0. The summed E-state index contributed by atoms with van der Waals surface area (Å²) in [5.41, 5.74) is 5.73. The highest BCUT2D eigenvalue weighted by Gasteiger charge is 2.26. The van der Waals surface area contributed by atoms with Crippen molar-refractivity contribution in [3.05, 3.63) is 21.3 Å². The van der Waals surface area contributed by atoms with Gasteiger partial charge < -0.3 is 10.6 Å². The van der Waals surface area contributed by atoms with Crippen molar-refractivity contribution < 1.29 is 4.79 Å². The number of carbonyl (C=O) groups excluding carboxylic acids is 1. The predicted molar refractivity (Wildman–Crippen MR) is 88.6 cm³/mol. The van der Waals surface area contributed by atoms with Crippen LogP contribution in [0.1, 0.15) is 24.6 Å². The van der Waals surface area contributed by atoms with Crippen LogP contribution in [0, 0.1) is 5.92 Å². The number of nitrogens with two attached hydrogens (primary N) is 1. The lowest BCUT2D eigenvalue weighted by Crippen LogP contribution is -2.50. The third-order valence-electron chi connectivity index (χ3n) is 3.96. The Kier molecular flexibility index (Phi) is 6.48. The average molecular weight is 330 g/mol. The van der Waals surface area contributed by atoms with Crippen molar-refractivity contribution in [3.63, 3.8) is 0 Å². The van der Waals surface area contributed by atoms with E-state index in [0.717, 1.165) is 49.9 Å². The smallest absolute Gasteiger partial charge is 0.227 e. The van der Waals surface area contributed by atoms with E-state index in [-0.39, 0.29) is 11.8 Å². The minimum absolute atomic E-state index is 0.00217. The van der Waals surface area contributed by atoms with E-state index in [1.807, 2.05) is 11.0 Å². The lowest BCUT2D eigenvalue weighted by Gasteiger charge is -2.36. The summed E-state index contributed by atoms with van der Waals surface area (Å²) in [6, 6.07) is 4.02. The molecule has 1 unspecified atom stereocenters. The fourth-order valence-corrected chi connectivity index (χ4v) is 3.86. The molecule has 0 spiro atoms. The maximum Gasteiger partial charge on any atom is 0.227 e. The first kappa shape index (κ1) is 16.7. The number of piperazine rings is 1. The Morgan fingerprint density at radius 1 is 1.38 bits per heavy atom. The van der Waals surface area contributed by atoms with Gasteiger partial charge in [-0.3, -0.25) is 9.69 Å². The molecular weight excluding hydrogens is 306 g/mol. The number of amides is 1. The van der Waals surface area contributed by atoms with Gasteiger partial charge >= 0.3 is 0 Å². The molecule has 0 saturated carbocycles. The van der Waals surface area contributed by atoms with Crippen molar-refractivity contribution in [2.24, 2.45) is 11.7 Å². The van der Waals surface area contributed by atoms with Gasteiger partial charge in [0, 0.05) is 44.1 Å². The second kappa shape index (κ2) is 8.13. The van der Waals surface area contributed by atoms with E-state index in [1.165, 1.54) is 4.88 Å². The van der Waals surface area contributed by atoms with Crippen molar-refractivity contribution in [2.75, 3.05) is 32.7 Å². The van der Waals surface area contributed by atoms with Crippen LogP contribution < -0.4 is 5.73 Å². The van der Waals surface area contributed by atoms with Gasteiger partial charge in [0.2, 0.25) is 5.91 Å². The number of hydrogen-bond donors (Lipinski definition) is 1. The summed E-state index contributed by atoms with van der Waals surface area (Å²) in [6.07, 6.45) is 1.90. The first-order valence-electron chi connectivity index (χ1n) is 7.59. The molecule has 21 heavy (non-hydrogen) atoms. The van der Waals surface area contributed by atoms with Gasteiger partial charge in [-0.2, -0.15) is 0 Å². The SMILES string of the molecule is CCCC(CN)C(=O)N1CCN(Cc2ccc(Cl)s2)CC1. The van der Waals surface area contributed by atoms with Crippen LogP contribution in [0.4, 0.5) is 0 Å². The topological polar surface area (TPSA) is 49.6 Å². The second-order valence-electron chi connectivity index (χ2n) is 5.53. The van der Waals surface area contributed by atoms with E-state index in [0.29, 0.717) is 6.54 Å². The first-order valence-corrected chi connectivity index (χ1v) is 8.79. The number of thiophene rings is 1. The molecule has 2 N–H and O–H groups in total. The summed E-state index contributed by atoms with van der Waals surface area (Å²) in [6.45, 7) is 6.93. The third-order valence-corrected chi connectivity index (χ3v) is 5.18. The molecule has 1 aromatic heterocycles. The summed E-state index contributed by atoms with van der Waals surface area (Å²) in [5.74, 6) is 0.232. The summed E-state index contributed by atoms with van der Waals surface area (Å²) >= 11 is 7.59. The maximum atomic E-state index is 12.4. The minimum Gasteiger partial charge on any atom is -0.340 e. The standard InChI is InChI=1S/C15H24ClN3OS/c1-2-3-12(10-17)15(20)19-8-6-18(7-9-19)11-13-4-5-14(16)21-13/h4-5,12H,2-3,6-11,17H2,1H3. The van der Waals surface area contributed by atoms with Crippen LogP contribution in [0.2, 0.25) is 4.34 Å². The molecule has 2 heterocycles. The highest BCUT2D eigenvalue weighted by atomic mass is 35.5. The van der Waals surface area contributed by atoms with E-state index in [9.17, 15) is 4.79 Å². The van der Waals surface area contributed by atoms with E-state index < -0.39 is 0 Å². The summed E-state index contributed by atoms with van der Waals surface area (Å²) < 4.78 is 0.837. The van der Waals surface area contributed by atoms with Gasteiger partial charge in [-0.1, -0.05) is 24.9 Å². The van der Waals surface area contributed by atoms with E-state index in [1.54, 1.807) is 11.3 Å². The normalized spacial score (nSPS) is 18.0. The molecule has 6 heteroatoms. The van der Waals surface area contributed by atoms with E-state index in [4.69, 9.17) is 17.3 Å². The lowest BCUT2D eigenvalue weighted by atomic mass is 10.0. The van der Waals surface area contributed by atoms with Crippen LogP contribution >= 0.6 is 22.9 Å². The maximum absolute atomic E-state index is 12.4. The molecule has 0 aromatic carbocycles. The molecule has 1 aliphatic rings. The third kappa shape index (κ3) is 4.68. The fraction of sp³-hybridized carbons (Fsp3) is 0.667. The molecule has 1 aromatic rings. The molecule has 0 bridgehead atoms. The Morgan fingerprint density at radius 3 is 2.62 bits per heavy atom. The number of carbonyl (C=O) groups is 1. The second-order valence-corrected chi connectivity index (χ2v) is 7.33. The molecule has 2 rings (SSSR count). The quantitative estimate of drug-likeness (QED) is 0.872. The molecule has 118 valence electrons. The molecule has 1 saturated heterocycles. The lowest BCUT2D eigenvalue weighted by molar-refractivity contribution is -0.137. The van der Waals surface area contributed by atoms with E-state index >= 15 is 0 Å². The Bertz CT molecular complexity index is 458. The van der Waals surface area contributed by atoms with Crippen molar-refractivity contribution in [3.8, 4) is 0 Å². The Morgan fingerprint density at radius 2 is 2.10 bits per heavy atom. The number of nitrogens with zero attached hydrogens (tertiary/aromatic N) is 2. The van der Waals surface area contributed by atoms with Gasteiger partial charge in [0.05, 0.1) is 10.3 Å². The molecule has 0 radical (unpaired) electrons. The Hall–Kier alpha value is -0.620. The zero-order chi connectivity index (χ0) is 15.2. The van der Waals surface area contributed by atoms with Crippen LogP contribution in [0.25, 0.3) is 0 Å². The largest absolute Gasteiger partial charge is 0.340 e. The fourth-order valence-electron chi connectivity index (χ4n) is 2.73. The first-order chi connectivity index (χ1) is 10.1. The van der Waals surface area contributed by atoms with Gasteiger partial charge in [0.25, 0.3) is 0 Å². The highest BCUT2D eigenvalue weighted by Crippen LogP contribution is 2.23. The van der Waals surface area contributed by atoms with Gasteiger partial charge in [-0.15, -0.1) is 11.3 Å². The minimum atomic E-state index is -0.00217. The Labute approximate surface area is 135 Å². The molecule has 1 aliphatic heterocycles. The van der Waals surface area contributed by atoms with Gasteiger partial charge in [0.15, 0.2) is 0 Å². The van der Waals surface area contributed by atoms with Crippen LogP contribution in [-0.2, 0) is 11.3 Å². The predicted octanol–water partition coefficient (Wildman–Crippen LogP) is 2.42. The zero-order valence-electron chi connectivity index (χ0n) is 12.6. The molecule has 1 amide bonds. The van der Waals surface area contributed by atoms with Gasteiger partial charge in [-0.05, 0) is 18.6 Å². The van der Waals surface area contributed by atoms with Crippen LogP contribution in [0.5, 0.6) is 0 Å². The van der Waals surface area contributed by atoms with Gasteiger partial charge in [-0.25, -0.2) is 0 Å². The zero-order valence-corrected chi connectivity index (χ0v) is 14.1. The van der Waals surface area contributed by atoms with Crippen molar-refractivity contribution in [2.45, 2.75) is 26.3 Å². The van der Waals surface area contributed by atoms with Crippen molar-refractivity contribution in [1.29, 1.82) is 0 Å². The van der Waals surface area contributed by atoms with Crippen LogP contribution in [0.15, 0.2) is 12.1 Å². The summed E-state index contributed by atoms with van der Waals surface area (Å²) in [5, 5.41) is 0. The van der Waals surface area contributed by atoms with Crippen LogP contribution in [-0.4, -0.2) is 48.4 Å². The Balaban J connectivity index is 1.81. The molecule has 4 nitrogen and oxygen atoms in total. The van der Waals surface area contributed by atoms with Crippen molar-refractivity contribution in [1.82, 2.24) is 9.80 Å². The van der Waals surface area contributed by atoms with Crippen molar-refractivity contribution >= 4 is 28.8 Å². The highest BCUT2D eigenvalue weighted by molar-refractivity contribution is 7.16. The molecular formula is C15H24ClN3OS. The van der Waals surface area contributed by atoms with Crippen LogP contribution in [0.3, 0.4) is 0 Å². The molecule has 1 atom stereocenters. The van der Waals surface area contributed by atoms with E-state index in [2.05, 4.69) is 17.9 Å². The monoisotopic (exact) mass is 329 g/mol. The average Bonchev–Trinajstić information content (AvgIpc) is 2.90. The van der Waals surface area contributed by atoms with Gasteiger partial charge in [0.1, 0.15) is 0 Å². The number of halogens is 1. The summed E-state index contributed by atoms with van der Waals surface area (Å²) in [4.78, 5) is 18.0. The number of hydrogen-bond acceptors (Lipinski definition) is 4. The number of rotatable bonds is 6.